The lowest BCUT2D eigenvalue weighted by atomic mass is 9.86. The van der Waals surface area contributed by atoms with E-state index in [2.05, 4.69) is 20.2 Å². The summed E-state index contributed by atoms with van der Waals surface area (Å²) in [6, 6.07) is 11.8. The highest BCUT2D eigenvalue weighted by atomic mass is 16.5. The number of piperazine rings is 1. The normalized spacial score (nSPS) is 21.2. The van der Waals surface area contributed by atoms with Gasteiger partial charge in [0, 0.05) is 13.1 Å². The van der Waals surface area contributed by atoms with Crippen LogP contribution >= 0.6 is 0 Å². The fourth-order valence-electron chi connectivity index (χ4n) is 4.08. The number of nitrogens with zero attached hydrogens (tertiary/aromatic N) is 6. The molecule has 0 aliphatic carbocycles. The number of amides is 1. The Morgan fingerprint density at radius 2 is 2.00 bits per heavy atom. The molecular formula is C19H20N6O2. The van der Waals surface area contributed by atoms with Crippen LogP contribution in [0.5, 0.6) is 5.75 Å². The lowest BCUT2D eigenvalue weighted by molar-refractivity contribution is 0.00544. The Bertz CT molecular complexity index is 991. The zero-order valence-corrected chi connectivity index (χ0v) is 15.0. The van der Waals surface area contributed by atoms with E-state index in [1.807, 2.05) is 48.2 Å². The number of anilines is 1. The largest absolute Gasteiger partial charge is 0.493 e. The topological polar surface area (TPSA) is 75.9 Å². The molecule has 3 saturated heterocycles. The van der Waals surface area contributed by atoms with Gasteiger partial charge in [-0.2, -0.15) is 4.52 Å². The summed E-state index contributed by atoms with van der Waals surface area (Å²) in [6.07, 6.45) is 2.64. The molecular weight excluding hydrogens is 344 g/mol. The minimum Gasteiger partial charge on any atom is -0.493 e. The lowest BCUT2D eigenvalue weighted by Crippen LogP contribution is -2.70. The summed E-state index contributed by atoms with van der Waals surface area (Å²) in [5.41, 5.74) is 1.37. The van der Waals surface area contributed by atoms with Crippen LogP contribution in [0.15, 0.2) is 42.7 Å². The Hall–Kier alpha value is -3.16. The molecule has 2 atom stereocenters. The molecule has 3 aliphatic heterocycles. The van der Waals surface area contributed by atoms with E-state index in [-0.39, 0.29) is 18.0 Å². The summed E-state index contributed by atoms with van der Waals surface area (Å²) < 4.78 is 7.32. The smallest absolute Gasteiger partial charge is 0.258 e. The number of carbonyl (C=O) groups is 1. The standard InChI is InChI=1S/C19H20N6O2/c1-2-27-16-6-4-3-5-15(16)19(26)25-13-9-14(25)11-23(10-13)18-8-7-17-21-20-12-24(17)22-18/h3-8,12-14H,2,9-11H2,1H3. The number of ether oxygens (including phenoxy) is 1. The minimum atomic E-state index is 0.0576. The summed E-state index contributed by atoms with van der Waals surface area (Å²) in [5, 5.41) is 12.4. The second kappa shape index (κ2) is 6.22. The molecule has 8 nitrogen and oxygen atoms in total. The van der Waals surface area contributed by atoms with E-state index in [4.69, 9.17) is 4.74 Å². The molecule has 3 fully saturated rings. The summed E-state index contributed by atoms with van der Waals surface area (Å²) in [7, 11) is 0. The van der Waals surface area contributed by atoms with Gasteiger partial charge in [-0.25, -0.2) is 0 Å². The molecule has 3 aliphatic rings. The molecule has 5 heterocycles. The van der Waals surface area contributed by atoms with Crippen LogP contribution in [-0.2, 0) is 0 Å². The van der Waals surface area contributed by atoms with Crippen molar-refractivity contribution >= 4 is 17.4 Å². The molecule has 6 rings (SSSR count). The Labute approximate surface area is 156 Å². The maximum absolute atomic E-state index is 13.1. The summed E-state index contributed by atoms with van der Waals surface area (Å²) in [5.74, 6) is 1.60. The number of piperidine rings is 1. The van der Waals surface area contributed by atoms with Crippen molar-refractivity contribution in [2.24, 2.45) is 0 Å². The zero-order valence-electron chi connectivity index (χ0n) is 15.0. The highest BCUT2D eigenvalue weighted by molar-refractivity contribution is 5.98. The van der Waals surface area contributed by atoms with Crippen LogP contribution in [0, 0.1) is 0 Å². The molecule has 3 aromatic rings. The van der Waals surface area contributed by atoms with Gasteiger partial charge in [0.25, 0.3) is 5.91 Å². The van der Waals surface area contributed by atoms with Gasteiger partial charge >= 0.3 is 0 Å². The second-order valence-corrected chi connectivity index (χ2v) is 6.92. The Balaban J connectivity index is 1.35. The highest BCUT2D eigenvalue weighted by Crippen LogP contribution is 2.36. The van der Waals surface area contributed by atoms with Crippen molar-refractivity contribution in [3.8, 4) is 5.75 Å². The Morgan fingerprint density at radius 1 is 1.19 bits per heavy atom. The molecule has 8 heteroatoms. The molecule has 2 bridgehead atoms. The number of carbonyl (C=O) groups excluding carboxylic acids is 1. The number of hydrogen-bond donors (Lipinski definition) is 0. The van der Waals surface area contributed by atoms with Gasteiger partial charge in [-0.1, -0.05) is 12.1 Å². The predicted octanol–water partition coefficient (Wildman–Crippen LogP) is 1.63. The molecule has 138 valence electrons. The van der Waals surface area contributed by atoms with Crippen LogP contribution in [0.25, 0.3) is 5.65 Å². The minimum absolute atomic E-state index is 0.0576. The van der Waals surface area contributed by atoms with Crippen molar-refractivity contribution in [2.75, 3.05) is 24.6 Å². The highest BCUT2D eigenvalue weighted by Gasteiger charge is 2.48. The molecule has 2 aromatic heterocycles. The number of benzene rings is 1. The Morgan fingerprint density at radius 3 is 2.81 bits per heavy atom. The fourth-order valence-corrected chi connectivity index (χ4v) is 4.08. The molecule has 2 unspecified atom stereocenters. The van der Waals surface area contributed by atoms with Crippen molar-refractivity contribution in [1.29, 1.82) is 0 Å². The second-order valence-electron chi connectivity index (χ2n) is 6.92. The summed E-state index contributed by atoms with van der Waals surface area (Å²) in [6.45, 7) is 4.03. The number of aromatic nitrogens is 4. The third-order valence-electron chi connectivity index (χ3n) is 5.32. The molecule has 27 heavy (non-hydrogen) atoms. The van der Waals surface area contributed by atoms with E-state index in [0.717, 1.165) is 31.0 Å². The predicted molar refractivity (Wildman–Crippen MR) is 99.0 cm³/mol. The van der Waals surface area contributed by atoms with Gasteiger partial charge in [-0.05, 0) is 37.6 Å². The first-order chi connectivity index (χ1) is 13.2. The van der Waals surface area contributed by atoms with Gasteiger partial charge in [0.1, 0.15) is 17.9 Å². The van der Waals surface area contributed by atoms with Crippen LogP contribution in [0.4, 0.5) is 5.82 Å². The maximum Gasteiger partial charge on any atom is 0.258 e. The zero-order chi connectivity index (χ0) is 18.4. The van der Waals surface area contributed by atoms with Gasteiger partial charge in [0.2, 0.25) is 0 Å². The number of rotatable bonds is 4. The lowest BCUT2D eigenvalue weighted by Gasteiger charge is -2.56. The van der Waals surface area contributed by atoms with Gasteiger partial charge in [-0.15, -0.1) is 15.3 Å². The van der Waals surface area contributed by atoms with Crippen molar-refractivity contribution in [3.63, 3.8) is 0 Å². The van der Waals surface area contributed by atoms with E-state index in [1.165, 1.54) is 0 Å². The van der Waals surface area contributed by atoms with Gasteiger partial charge in [0.15, 0.2) is 5.65 Å². The average molecular weight is 364 g/mol. The Kier molecular flexibility index (Phi) is 3.70. The van der Waals surface area contributed by atoms with Crippen molar-refractivity contribution < 1.29 is 9.53 Å². The van der Waals surface area contributed by atoms with E-state index in [1.54, 1.807) is 10.8 Å². The number of hydrogen-bond acceptors (Lipinski definition) is 6. The molecule has 0 saturated carbocycles. The van der Waals surface area contributed by atoms with Crippen molar-refractivity contribution in [2.45, 2.75) is 25.4 Å². The average Bonchev–Trinajstić information content (AvgIpc) is 3.16. The molecule has 0 radical (unpaired) electrons. The third-order valence-corrected chi connectivity index (χ3v) is 5.32. The van der Waals surface area contributed by atoms with Crippen LogP contribution in [-0.4, -0.2) is 62.4 Å². The number of para-hydroxylation sites is 1. The van der Waals surface area contributed by atoms with Gasteiger partial charge in [0.05, 0.1) is 24.3 Å². The quantitative estimate of drug-likeness (QED) is 0.700. The van der Waals surface area contributed by atoms with E-state index in [0.29, 0.717) is 17.9 Å². The van der Waals surface area contributed by atoms with Crippen LogP contribution in [0.1, 0.15) is 23.7 Å². The van der Waals surface area contributed by atoms with E-state index >= 15 is 0 Å². The van der Waals surface area contributed by atoms with E-state index in [9.17, 15) is 4.79 Å². The molecule has 1 aromatic carbocycles. The first-order valence-corrected chi connectivity index (χ1v) is 9.21. The van der Waals surface area contributed by atoms with Crippen molar-refractivity contribution in [3.05, 3.63) is 48.3 Å². The van der Waals surface area contributed by atoms with Gasteiger partial charge in [-0.3, -0.25) is 4.79 Å². The monoisotopic (exact) mass is 364 g/mol. The first kappa shape index (κ1) is 16.0. The number of fused-ring (bicyclic) bond motifs is 3. The summed E-state index contributed by atoms with van der Waals surface area (Å²) in [4.78, 5) is 17.3. The maximum atomic E-state index is 13.1. The van der Waals surface area contributed by atoms with Crippen LogP contribution < -0.4 is 9.64 Å². The van der Waals surface area contributed by atoms with E-state index < -0.39 is 0 Å². The summed E-state index contributed by atoms with van der Waals surface area (Å²) >= 11 is 0. The van der Waals surface area contributed by atoms with Crippen LogP contribution in [0.2, 0.25) is 0 Å². The van der Waals surface area contributed by atoms with Gasteiger partial charge < -0.3 is 14.5 Å². The third kappa shape index (κ3) is 2.59. The first-order valence-electron chi connectivity index (χ1n) is 9.21. The molecule has 0 spiro atoms. The molecule has 1 amide bonds. The van der Waals surface area contributed by atoms with Crippen LogP contribution in [0.3, 0.4) is 0 Å². The SMILES string of the molecule is CCOc1ccccc1C(=O)N1C2CC1CN(c1ccc3nncn3n1)C2. The van der Waals surface area contributed by atoms with Crippen molar-refractivity contribution in [1.82, 2.24) is 24.7 Å². The molecule has 0 N–H and O–H groups in total. The fraction of sp³-hybridized carbons (Fsp3) is 0.368.